The first kappa shape index (κ1) is 12.5. The van der Waals surface area contributed by atoms with E-state index in [9.17, 15) is 0 Å². The van der Waals surface area contributed by atoms with Crippen molar-refractivity contribution in [1.29, 1.82) is 0 Å². The highest BCUT2D eigenvalue weighted by molar-refractivity contribution is 9.10. The molecule has 0 atom stereocenters. The number of halogens is 2. The van der Waals surface area contributed by atoms with Crippen LogP contribution in [0.25, 0.3) is 16.9 Å². The molecule has 0 saturated heterocycles. The van der Waals surface area contributed by atoms with E-state index in [-0.39, 0.29) is 0 Å². The molecule has 3 rings (SSSR count). The number of nitrogens with two attached hydrogens (primary N) is 1. The maximum Gasteiger partial charge on any atom is 0.207 e. The summed E-state index contributed by atoms with van der Waals surface area (Å²) in [6.07, 6.45) is 0. The Balaban J connectivity index is 2.42. The maximum absolute atomic E-state index is 6.14. The number of rotatable bonds is 1. The van der Waals surface area contributed by atoms with Crippen LogP contribution in [0.1, 0.15) is 5.69 Å². The van der Waals surface area contributed by atoms with Crippen molar-refractivity contribution in [1.82, 2.24) is 19.3 Å². The van der Waals surface area contributed by atoms with Crippen molar-refractivity contribution in [2.24, 2.45) is 7.05 Å². The Morgan fingerprint density at radius 3 is 2.84 bits per heavy atom. The molecular weight excluding hydrogens is 330 g/mol. The Kier molecular flexibility index (Phi) is 2.79. The molecule has 0 aliphatic rings. The molecule has 0 unspecified atom stereocenters. The van der Waals surface area contributed by atoms with Gasteiger partial charge in [0.25, 0.3) is 0 Å². The fraction of sp³-hybridized carbons (Fsp3) is 0.167. The van der Waals surface area contributed by atoms with Gasteiger partial charge in [-0.25, -0.2) is 9.67 Å². The van der Waals surface area contributed by atoms with Gasteiger partial charge in [-0.05, 0) is 35.0 Å². The third-order valence-corrected chi connectivity index (χ3v) is 4.38. The molecule has 5 nitrogen and oxygen atoms in total. The number of anilines is 1. The number of aryl methyl sites for hydroxylation is 2. The predicted octanol–water partition coefficient (Wildman–Crippen LogP) is 3.07. The predicted molar refractivity (Wildman–Crippen MR) is 79.7 cm³/mol. The van der Waals surface area contributed by atoms with Crippen LogP contribution in [0.15, 0.2) is 22.7 Å². The average molecular weight is 341 g/mol. The van der Waals surface area contributed by atoms with Crippen LogP contribution in [0.2, 0.25) is 5.02 Å². The fourth-order valence-electron chi connectivity index (χ4n) is 2.19. The summed E-state index contributed by atoms with van der Waals surface area (Å²) in [7, 11) is 1.87. The summed E-state index contributed by atoms with van der Waals surface area (Å²) < 4.78 is 4.38. The number of benzene rings is 1. The smallest absolute Gasteiger partial charge is 0.207 e. The molecule has 2 aromatic heterocycles. The van der Waals surface area contributed by atoms with Gasteiger partial charge in [0, 0.05) is 7.05 Å². The number of aromatic nitrogens is 4. The summed E-state index contributed by atoms with van der Waals surface area (Å²) in [5.41, 5.74) is 9.37. The quantitative estimate of drug-likeness (QED) is 0.740. The minimum Gasteiger partial charge on any atom is -0.369 e. The van der Waals surface area contributed by atoms with Crippen LogP contribution in [-0.2, 0) is 7.05 Å². The summed E-state index contributed by atoms with van der Waals surface area (Å²) >= 11 is 9.62. The van der Waals surface area contributed by atoms with Gasteiger partial charge in [-0.2, -0.15) is 5.10 Å². The van der Waals surface area contributed by atoms with Crippen LogP contribution in [0.4, 0.5) is 5.95 Å². The van der Waals surface area contributed by atoms with Gasteiger partial charge in [-0.15, -0.1) is 0 Å². The van der Waals surface area contributed by atoms with Gasteiger partial charge in [0.1, 0.15) is 5.52 Å². The van der Waals surface area contributed by atoms with Crippen LogP contribution in [0, 0.1) is 6.92 Å². The van der Waals surface area contributed by atoms with Crippen molar-refractivity contribution in [3.05, 3.63) is 33.4 Å². The van der Waals surface area contributed by atoms with Crippen LogP contribution < -0.4 is 5.73 Å². The third kappa shape index (κ3) is 1.74. The molecule has 98 valence electrons. The van der Waals surface area contributed by atoms with Gasteiger partial charge in [0.05, 0.1) is 20.9 Å². The zero-order chi connectivity index (χ0) is 13.7. The molecule has 0 bridgehead atoms. The molecule has 0 aliphatic carbocycles. The van der Waals surface area contributed by atoms with E-state index in [2.05, 4.69) is 26.0 Å². The van der Waals surface area contributed by atoms with Gasteiger partial charge in [-0.1, -0.05) is 17.7 Å². The first-order chi connectivity index (χ1) is 9.00. The molecule has 0 radical (unpaired) electrons. The van der Waals surface area contributed by atoms with Crippen molar-refractivity contribution in [3.63, 3.8) is 0 Å². The summed E-state index contributed by atoms with van der Waals surface area (Å²) in [6, 6.07) is 5.61. The van der Waals surface area contributed by atoms with E-state index in [1.807, 2.05) is 36.7 Å². The normalized spacial score (nSPS) is 11.4. The largest absolute Gasteiger partial charge is 0.369 e. The van der Waals surface area contributed by atoms with Crippen molar-refractivity contribution >= 4 is 44.6 Å². The monoisotopic (exact) mass is 339 g/mol. The van der Waals surface area contributed by atoms with Gasteiger partial charge in [-0.3, -0.25) is 4.57 Å². The van der Waals surface area contributed by atoms with E-state index >= 15 is 0 Å². The summed E-state index contributed by atoms with van der Waals surface area (Å²) in [5, 5.41) is 4.98. The molecule has 0 fully saturated rings. The second-order valence-electron chi connectivity index (χ2n) is 4.26. The molecule has 0 spiro atoms. The van der Waals surface area contributed by atoms with Crippen LogP contribution >= 0.6 is 27.5 Å². The zero-order valence-electron chi connectivity index (χ0n) is 10.4. The summed E-state index contributed by atoms with van der Waals surface area (Å²) in [5.74, 6) is 0.411. The number of nitrogens with zero attached hydrogens (tertiary/aromatic N) is 4. The SMILES string of the molecule is Cc1nn(C)c2c1nc(N)n2-c1cccc(Cl)c1Br. The first-order valence-corrected chi connectivity index (χ1v) is 6.79. The van der Waals surface area contributed by atoms with E-state index < -0.39 is 0 Å². The van der Waals surface area contributed by atoms with E-state index in [0.717, 1.165) is 27.0 Å². The third-order valence-electron chi connectivity index (χ3n) is 3.00. The molecule has 0 saturated carbocycles. The number of hydrogen-bond acceptors (Lipinski definition) is 3. The van der Waals surface area contributed by atoms with Crippen LogP contribution in [-0.4, -0.2) is 19.3 Å². The Morgan fingerprint density at radius 1 is 1.37 bits per heavy atom. The van der Waals surface area contributed by atoms with Crippen molar-refractivity contribution in [2.45, 2.75) is 6.92 Å². The molecule has 2 N–H and O–H groups in total. The molecule has 19 heavy (non-hydrogen) atoms. The molecule has 2 heterocycles. The molecule has 0 amide bonds. The summed E-state index contributed by atoms with van der Waals surface area (Å²) in [6.45, 7) is 1.91. The highest BCUT2D eigenvalue weighted by atomic mass is 79.9. The Bertz CT molecular complexity index is 789. The zero-order valence-corrected chi connectivity index (χ0v) is 12.7. The lowest BCUT2D eigenvalue weighted by Crippen LogP contribution is -2.05. The Hall–Kier alpha value is -1.53. The molecular formula is C12H11BrClN5. The molecule has 7 heteroatoms. The fourth-order valence-corrected chi connectivity index (χ4v) is 2.80. The van der Waals surface area contributed by atoms with E-state index in [0.29, 0.717) is 11.0 Å². The van der Waals surface area contributed by atoms with E-state index in [1.165, 1.54) is 0 Å². The number of fused-ring (bicyclic) bond motifs is 1. The number of imidazole rings is 1. The van der Waals surface area contributed by atoms with Crippen molar-refractivity contribution < 1.29 is 0 Å². The van der Waals surface area contributed by atoms with Crippen LogP contribution in [0.3, 0.4) is 0 Å². The molecule has 0 aliphatic heterocycles. The van der Waals surface area contributed by atoms with Crippen molar-refractivity contribution in [3.8, 4) is 5.69 Å². The first-order valence-electron chi connectivity index (χ1n) is 5.62. The second-order valence-corrected chi connectivity index (χ2v) is 5.46. The highest BCUT2D eigenvalue weighted by Gasteiger charge is 2.18. The Morgan fingerprint density at radius 2 is 2.11 bits per heavy atom. The molecule has 1 aromatic carbocycles. The highest BCUT2D eigenvalue weighted by Crippen LogP contribution is 2.33. The lowest BCUT2D eigenvalue weighted by atomic mass is 10.3. The van der Waals surface area contributed by atoms with Crippen molar-refractivity contribution in [2.75, 3.05) is 5.73 Å². The standard InChI is InChI=1S/C12H11BrClN5/c1-6-10-11(18(2)17-6)19(12(15)16-10)8-5-3-4-7(14)9(8)13/h3-5H,1-2H3,(H2,15,16). The van der Waals surface area contributed by atoms with Gasteiger partial charge >= 0.3 is 0 Å². The summed E-state index contributed by atoms with van der Waals surface area (Å²) in [4.78, 5) is 4.37. The maximum atomic E-state index is 6.14. The minimum absolute atomic E-state index is 0.411. The second kappa shape index (κ2) is 4.25. The van der Waals surface area contributed by atoms with Gasteiger partial charge in [0.2, 0.25) is 5.95 Å². The van der Waals surface area contributed by atoms with Gasteiger partial charge < -0.3 is 5.73 Å². The minimum atomic E-state index is 0.411. The topological polar surface area (TPSA) is 61.7 Å². The number of hydrogen-bond donors (Lipinski definition) is 1. The lowest BCUT2D eigenvalue weighted by Gasteiger charge is -2.10. The van der Waals surface area contributed by atoms with E-state index in [1.54, 1.807) is 4.68 Å². The van der Waals surface area contributed by atoms with Gasteiger partial charge in [0.15, 0.2) is 5.65 Å². The van der Waals surface area contributed by atoms with Crippen LogP contribution in [0.5, 0.6) is 0 Å². The lowest BCUT2D eigenvalue weighted by molar-refractivity contribution is 0.762. The van der Waals surface area contributed by atoms with E-state index in [4.69, 9.17) is 17.3 Å². The Labute approximate surface area is 123 Å². The average Bonchev–Trinajstić information content (AvgIpc) is 2.82. The molecule has 3 aromatic rings. The number of nitrogen functional groups attached to an aromatic ring is 1.